The van der Waals surface area contributed by atoms with E-state index in [-0.39, 0.29) is 5.78 Å². The number of Topliss-reactive ketones (excluding diaryl/α,β-unsaturated/α-hetero) is 1. The lowest BCUT2D eigenvalue weighted by Gasteiger charge is -2.03. The summed E-state index contributed by atoms with van der Waals surface area (Å²) in [5, 5.41) is 4.13. The molecular weight excluding hydrogens is 244 g/mol. The van der Waals surface area contributed by atoms with Crippen LogP contribution >= 0.6 is 15.9 Å². The molecule has 1 aliphatic carbocycles. The zero-order valence-electron chi connectivity index (χ0n) is 8.16. The number of nitrogens with zero attached hydrogens (tertiary/aromatic N) is 2. The standard InChI is InChI=1S/C10H13BrN2O/c1-2-13-10(8(11)6-12-13)9(14)5-7-3-4-7/h6-7H,2-5H2,1H3. The van der Waals surface area contributed by atoms with E-state index in [0.29, 0.717) is 12.3 Å². The molecule has 0 saturated heterocycles. The lowest BCUT2D eigenvalue weighted by Crippen LogP contribution is -2.10. The summed E-state index contributed by atoms with van der Waals surface area (Å²) < 4.78 is 2.58. The van der Waals surface area contributed by atoms with Crippen LogP contribution in [0.15, 0.2) is 10.7 Å². The first-order valence-electron chi connectivity index (χ1n) is 4.97. The summed E-state index contributed by atoms with van der Waals surface area (Å²) in [4.78, 5) is 11.9. The summed E-state index contributed by atoms with van der Waals surface area (Å²) in [7, 11) is 0. The van der Waals surface area contributed by atoms with Crippen molar-refractivity contribution >= 4 is 21.7 Å². The first-order chi connectivity index (χ1) is 6.72. The molecule has 0 bridgehead atoms. The molecule has 1 heterocycles. The number of ketones is 1. The molecule has 3 nitrogen and oxygen atoms in total. The summed E-state index contributed by atoms with van der Waals surface area (Å²) in [6.07, 6.45) is 4.81. The second kappa shape index (κ2) is 3.85. The number of aryl methyl sites for hydroxylation is 1. The highest BCUT2D eigenvalue weighted by molar-refractivity contribution is 9.10. The number of hydrogen-bond donors (Lipinski definition) is 0. The average molecular weight is 257 g/mol. The van der Waals surface area contributed by atoms with E-state index in [1.807, 2.05) is 6.92 Å². The highest BCUT2D eigenvalue weighted by Crippen LogP contribution is 2.34. The predicted molar refractivity (Wildman–Crippen MR) is 57.3 cm³/mol. The molecule has 76 valence electrons. The van der Waals surface area contributed by atoms with Gasteiger partial charge in [0.1, 0.15) is 5.69 Å². The van der Waals surface area contributed by atoms with Crippen molar-refractivity contribution in [1.29, 1.82) is 0 Å². The van der Waals surface area contributed by atoms with Gasteiger partial charge in [-0.3, -0.25) is 9.48 Å². The minimum Gasteiger partial charge on any atom is -0.292 e. The maximum Gasteiger partial charge on any atom is 0.182 e. The molecule has 0 amide bonds. The lowest BCUT2D eigenvalue weighted by molar-refractivity contribution is 0.0965. The van der Waals surface area contributed by atoms with E-state index in [9.17, 15) is 4.79 Å². The van der Waals surface area contributed by atoms with Crippen LogP contribution in [0.2, 0.25) is 0 Å². The van der Waals surface area contributed by atoms with Gasteiger partial charge in [0.05, 0.1) is 10.7 Å². The molecule has 0 radical (unpaired) electrons. The van der Waals surface area contributed by atoms with Crippen LogP contribution in [0.4, 0.5) is 0 Å². The SMILES string of the molecule is CCn1ncc(Br)c1C(=O)CC1CC1. The molecule has 1 aromatic rings. The van der Waals surface area contributed by atoms with Crippen molar-refractivity contribution in [2.75, 3.05) is 0 Å². The summed E-state index contributed by atoms with van der Waals surface area (Å²) >= 11 is 3.36. The van der Waals surface area contributed by atoms with Gasteiger partial charge in [-0.15, -0.1) is 0 Å². The Bertz CT molecular complexity index is 355. The predicted octanol–water partition coefficient (Wildman–Crippen LogP) is 2.65. The largest absolute Gasteiger partial charge is 0.292 e. The number of carbonyl (C=O) groups is 1. The maximum absolute atomic E-state index is 11.9. The number of hydrogen-bond acceptors (Lipinski definition) is 2. The lowest BCUT2D eigenvalue weighted by atomic mass is 10.1. The van der Waals surface area contributed by atoms with Gasteiger partial charge < -0.3 is 0 Å². The van der Waals surface area contributed by atoms with Crippen molar-refractivity contribution in [1.82, 2.24) is 9.78 Å². The van der Waals surface area contributed by atoms with E-state index in [4.69, 9.17) is 0 Å². The molecule has 1 aliphatic rings. The Morgan fingerprint density at radius 2 is 2.43 bits per heavy atom. The zero-order chi connectivity index (χ0) is 10.1. The van der Waals surface area contributed by atoms with E-state index in [1.54, 1.807) is 10.9 Å². The van der Waals surface area contributed by atoms with E-state index < -0.39 is 0 Å². The third-order valence-electron chi connectivity index (χ3n) is 2.53. The Balaban J connectivity index is 2.19. The Morgan fingerprint density at radius 3 is 3.00 bits per heavy atom. The van der Waals surface area contributed by atoms with Gasteiger partial charge in [-0.05, 0) is 41.6 Å². The van der Waals surface area contributed by atoms with Crippen LogP contribution in [0.3, 0.4) is 0 Å². The highest BCUT2D eigenvalue weighted by atomic mass is 79.9. The van der Waals surface area contributed by atoms with Gasteiger partial charge in [0, 0.05) is 13.0 Å². The van der Waals surface area contributed by atoms with Crippen LogP contribution in [-0.4, -0.2) is 15.6 Å². The Labute approximate surface area is 91.6 Å². The third kappa shape index (κ3) is 1.90. The fourth-order valence-corrected chi connectivity index (χ4v) is 2.08. The molecule has 0 aliphatic heterocycles. The minimum absolute atomic E-state index is 0.221. The zero-order valence-corrected chi connectivity index (χ0v) is 9.75. The monoisotopic (exact) mass is 256 g/mol. The quantitative estimate of drug-likeness (QED) is 0.777. The van der Waals surface area contributed by atoms with Crippen molar-refractivity contribution in [3.8, 4) is 0 Å². The van der Waals surface area contributed by atoms with Crippen LogP contribution < -0.4 is 0 Å². The first kappa shape index (κ1) is 9.90. The van der Waals surface area contributed by atoms with Crippen molar-refractivity contribution < 1.29 is 4.79 Å². The van der Waals surface area contributed by atoms with Gasteiger partial charge >= 0.3 is 0 Å². The van der Waals surface area contributed by atoms with Crippen molar-refractivity contribution in [2.45, 2.75) is 32.7 Å². The first-order valence-corrected chi connectivity index (χ1v) is 5.76. The van der Waals surface area contributed by atoms with E-state index in [0.717, 1.165) is 16.7 Å². The highest BCUT2D eigenvalue weighted by Gasteiger charge is 2.27. The molecule has 0 N–H and O–H groups in total. The summed E-state index contributed by atoms with van der Waals surface area (Å²) in [5.41, 5.74) is 0.736. The van der Waals surface area contributed by atoms with E-state index in [2.05, 4.69) is 21.0 Å². The topological polar surface area (TPSA) is 34.9 Å². The fourth-order valence-electron chi connectivity index (χ4n) is 1.56. The van der Waals surface area contributed by atoms with E-state index in [1.165, 1.54) is 12.8 Å². The molecule has 2 rings (SSSR count). The van der Waals surface area contributed by atoms with Gasteiger partial charge in [0.25, 0.3) is 0 Å². The van der Waals surface area contributed by atoms with Gasteiger partial charge in [-0.25, -0.2) is 0 Å². The van der Waals surface area contributed by atoms with Crippen molar-refractivity contribution in [2.24, 2.45) is 5.92 Å². The summed E-state index contributed by atoms with van der Waals surface area (Å²) in [5.74, 6) is 0.855. The number of rotatable bonds is 4. The molecule has 0 aromatic carbocycles. The summed E-state index contributed by atoms with van der Waals surface area (Å²) in [6.45, 7) is 2.74. The van der Waals surface area contributed by atoms with Crippen molar-refractivity contribution in [3.05, 3.63) is 16.4 Å². The molecule has 0 spiro atoms. The average Bonchev–Trinajstić information content (AvgIpc) is 2.87. The second-order valence-electron chi connectivity index (χ2n) is 3.73. The normalized spacial score (nSPS) is 15.9. The van der Waals surface area contributed by atoms with Crippen LogP contribution in [-0.2, 0) is 6.54 Å². The van der Waals surface area contributed by atoms with Crippen LogP contribution in [0.5, 0.6) is 0 Å². The maximum atomic E-state index is 11.9. The van der Waals surface area contributed by atoms with E-state index >= 15 is 0 Å². The fraction of sp³-hybridized carbons (Fsp3) is 0.600. The van der Waals surface area contributed by atoms with Crippen LogP contribution in [0.1, 0.15) is 36.7 Å². The summed E-state index contributed by atoms with van der Waals surface area (Å²) in [6, 6.07) is 0. The van der Waals surface area contributed by atoms with Gasteiger partial charge in [-0.1, -0.05) is 0 Å². The number of halogens is 1. The molecule has 0 atom stereocenters. The number of aromatic nitrogens is 2. The third-order valence-corrected chi connectivity index (χ3v) is 3.11. The smallest absolute Gasteiger partial charge is 0.182 e. The van der Waals surface area contributed by atoms with Crippen LogP contribution in [0, 0.1) is 5.92 Å². The second-order valence-corrected chi connectivity index (χ2v) is 4.58. The molecule has 4 heteroatoms. The Morgan fingerprint density at radius 1 is 1.71 bits per heavy atom. The van der Waals surface area contributed by atoms with Gasteiger partial charge in [0.2, 0.25) is 0 Å². The van der Waals surface area contributed by atoms with Crippen molar-refractivity contribution in [3.63, 3.8) is 0 Å². The number of carbonyl (C=O) groups excluding carboxylic acids is 1. The molecule has 1 fully saturated rings. The minimum atomic E-state index is 0.221. The molecule has 1 saturated carbocycles. The molecule has 1 aromatic heterocycles. The molecular formula is C10H13BrN2O. The molecule has 0 unspecified atom stereocenters. The van der Waals surface area contributed by atoms with Crippen LogP contribution in [0.25, 0.3) is 0 Å². The Hall–Kier alpha value is -0.640. The van der Waals surface area contributed by atoms with Gasteiger partial charge in [0.15, 0.2) is 5.78 Å². The Kier molecular flexibility index (Phi) is 2.72. The molecule has 14 heavy (non-hydrogen) atoms. The van der Waals surface area contributed by atoms with Gasteiger partial charge in [-0.2, -0.15) is 5.10 Å².